The molecule has 0 spiro atoms. The Morgan fingerprint density at radius 2 is 0.273 bits per heavy atom. The van der Waals surface area contributed by atoms with E-state index in [1.165, 1.54) is 0 Å². The zero-order valence-electron chi connectivity index (χ0n) is 14.9. The monoisotopic (exact) mass is 799 g/mol. The normalized spacial score (nSPS) is 3.64. The van der Waals surface area contributed by atoms with E-state index in [1.54, 1.807) is 0 Å². The quantitative estimate of drug-likeness (QED) is 0.205. The Labute approximate surface area is 289 Å². The summed E-state index contributed by atoms with van der Waals surface area (Å²) < 4.78 is 42.6. The van der Waals surface area contributed by atoms with Crippen LogP contribution in [-0.2, 0) is 158 Å². The Morgan fingerprint density at radius 3 is 0.273 bits per heavy atom. The molecule has 0 aromatic rings. The van der Waals surface area contributed by atoms with Gasteiger partial charge in [-0.2, -0.15) is 0 Å². The average molecular weight is 800 g/mol. The van der Waals surface area contributed by atoms with Crippen molar-refractivity contribution in [3.05, 3.63) is 0 Å². The number of hydrogen-bond donors (Lipinski definition) is 0. The molecular weight excluding hydrogens is 800 g/mol. The minimum absolute atomic E-state index is 0. The Bertz CT molecular complexity index is 253. The molecule has 0 aromatic carbocycles. The molecule has 0 aliphatic carbocycles. The molecule has 15 nitrogen and oxygen atoms in total. The standard InChI is InChI=1S/4Be.4Fe.5O3Si.5S/c;;;;;;;;5*1-4(2)3;;;;;/q4*+2;4*+3;10*-2. The molecule has 4 radical (unpaired) electrons. The zero-order chi connectivity index (χ0) is 17.9. The summed E-state index contributed by atoms with van der Waals surface area (Å²) in [5.74, 6) is 0. The van der Waals surface area contributed by atoms with Gasteiger partial charge in [0.05, 0.1) is 0 Å². The van der Waals surface area contributed by atoms with Crippen LogP contribution in [0.4, 0.5) is 0 Å². The van der Waals surface area contributed by atoms with E-state index in [9.17, 15) is 0 Å². The molecule has 0 rings (SSSR count). The van der Waals surface area contributed by atoms with Crippen molar-refractivity contribution < 1.29 is 139 Å². The van der Waals surface area contributed by atoms with Crippen LogP contribution in [0.3, 0.4) is 0 Å². The SMILES string of the molecule is O=[Si]([O-])[O-].O=[Si]([O-])[O-].O=[Si]([O-])[O-].O=[Si]([O-])[O-].O=[Si]([O-])[O-].[Be+2].[Be+2].[Be+2].[Be+2].[Fe+3].[Fe+3].[Fe+3].[Fe+3].[S-2].[S-2].[S-2].[S-2].[S-2]. The average Bonchev–Trinajstić information content (AvgIpc) is 1.94. The Morgan fingerprint density at radius 1 is 0.273 bits per heavy atom. The van der Waals surface area contributed by atoms with E-state index in [4.69, 9.17) is 70.3 Å². The van der Waals surface area contributed by atoms with Gasteiger partial charge in [0.1, 0.15) is 0 Å². The molecule has 180 valence electrons. The van der Waals surface area contributed by atoms with Crippen molar-refractivity contribution in [1.82, 2.24) is 0 Å². The molecule has 33 heavy (non-hydrogen) atoms. The van der Waals surface area contributed by atoms with Crippen molar-refractivity contribution in [2.24, 2.45) is 0 Å². The zero-order valence-corrected chi connectivity index (χ0v) is 28.4. The van der Waals surface area contributed by atoms with E-state index in [-0.39, 0.29) is 176 Å². The fraction of sp³-hybridized carbons (Fsp3) is 0. The first-order valence-corrected chi connectivity index (χ1v) is 9.19. The Hall–Kier alpha value is 2.59. The van der Waals surface area contributed by atoms with Crippen molar-refractivity contribution >= 4 is 154 Å². The summed E-state index contributed by atoms with van der Waals surface area (Å²) in [6, 6.07) is 0. The number of rotatable bonds is 0. The van der Waals surface area contributed by atoms with Gasteiger partial charge in [0, 0.05) is 45.9 Å². The van der Waals surface area contributed by atoms with Crippen molar-refractivity contribution in [3.63, 3.8) is 0 Å². The van der Waals surface area contributed by atoms with Gasteiger partial charge in [-0.25, -0.2) is 0 Å². The molecule has 33 heteroatoms. The molecule has 0 unspecified atom stereocenters. The second kappa shape index (κ2) is 126. The first kappa shape index (κ1) is 138. The maximum absolute atomic E-state index is 8.52. The maximum atomic E-state index is 8.52. The van der Waals surface area contributed by atoms with Gasteiger partial charge in [0.2, 0.25) is 0 Å². The molecule has 0 amide bonds. The summed E-state index contributed by atoms with van der Waals surface area (Å²) >= 11 is 0. The van der Waals surface area contributed by atoms with Gasteiger partial charge < -0.3 is 138 Å². The van der Waals surface area contributed by atoms with Crippen LogP contribution < -0.4 is 48.0 Å². The summed E-state index contributed by atoms with van der Waals surface area (Å²) in [6.07, 6.45) is 0. The summed E-state index contributed by atoms with van der Waals surface area (Å²) in [5, 5.41) is 0. The minimum Gasteiger partial charge on any atom is -2.00 e. The molecule has 0 saturated carbocycles. The van der Waals surface area contributed by atoms with Crippen molar-refractivity contribution in [3.8, 4) is 0 Å². The van der Waals surface area contributed by atoms with Gasteiger partial charge in [-0.15, -0.1) is 0 Å². The van der Waals surface area contributed by atoms with Gasteiger partial charge in [0.25, 0.3) is 0 Å². The second-order valence-electron chi connectivity index (χ2n) is 1.25. The summed E-state index contributed by atoms with van der Waals surface area (Å²) in [5.41, 5.74) is 0. The van der Waals surface area contributed by atoms with Crippen LogP contribution in [0.1, 0.15) is 0 Å². The Balaban J connectivity index is -0.00000000485. The Kier molecular flexibility index (Phi) is 526. The van der Waals surface area contributed by atoms with E-state index in [0.29, 0.717) is 0 Å². The summed E-state index contributed by atoms with van der Waals surface area (Å²) in [4.78, 5) is 85.2. The molecule has 0 aliphatic rings. The van der Waals surface area contributed by atoms with Crippen molar-refractivity contribution in [2.75, 3.05) is 0 Å². The predicted molar refractivity (Wildman–Crippen MR) is 92.0 cm³/mol. The van der Waals surface area contributed by atoms with Gasteiger partial charge in [-0.1, -0.05) is 0 Å². The predicted octanol–water partition coefficient (Wildman–Crippen LogP) is -15.9. The molecule has 0 N–H and O–H groups in total. The van der Waals surface area contributed by atoms with Crippen LogP contribution >= 0.6 is 0 Å². The van der Waals surface area contributed by atoms with E-state index in [2.05, 4.69) is 0 Å². The molecule has 0 atom stereocenters. The largest absolute Gasteiger partial charge is 3.00 e. The maximum Gasteiger partial charge on any atom is 3.00 e. The van der Waals surface area contributed by atoms with E-state index in [0.717, 1.165) is 0 Å². The van der Waals surface area contributed by atoms with Crippen LogP contribution in [0.15, 0.2) is 0 Å². The third kappa shape index (κ3) is 5490. The summed E-state index contributed by atoms with van der Waals surface area (Å²) in [6.45, 7) is 0. The first-order chi connectivity index (χ1) is 8.66. The van der Waals surface area contributed by atoms with Crippen LogP contribution in [-0.4, -0.2) is 86.3 Å². The number of hydrogen-bond acceptors (Lipinski definition) is 15. The fourth-order valence-corrected chi connectivity index (χ4v) is 0. The van der Waals surface area contributed by atoms with Gasteiger partial charge >= 0.3 is 109 Å². The van der Waals surface area contributed by atoms with Crippen LogP contribution in [0.2, 0.25) is 0 Å². The molecular formula is Be4Fe4O15S5Si5. The van der Waals surface area contributed by atoms with E-state index >= 15 is 0 Å². The minimum atomic E-state index is -3.63. The molecule has 0 fully saturated rings. The first-order valence-electron chi connectivity index (χ1n) is 3.06. The van der Waals surface area contributed by atoms with Gasteiger partial charge in [-0.05, 0) is 0 Å². The summed E-state index contributed by atoms with van der Waals surface area (Å²) in [7, 11) is -18.1. The molecule has 0 bridgehead atoms. The van der Waals surface area contributed by atoms with Crippen LogP contribution in [0, 0.1) is 0 Å². The third-order valence-corrected chi connectivity index (χ3v) is 0. The van der Waals surface area contributed by atoms with Crippen molar-refractivity contribution in [1.29, 1.82) is 0 Å². The topological polar surface area (TPSA) is 316 Å². The smallest absolute Gasteiger partial charge is 2.00 e. The fourth-order valence-electron chi connectivity index (χ4n) is 0. The van der Waals surface area contributed by atoms with Gasteiger partial charge in [-0.3, -0.25) is 0 Å². The molecule has 0 saturated heterocycles. The van der Waals surface area contributed by atoms with E-state index < -0.39 is 45.9 Å². The van der Waals surface area contributed by atoms with Crippen LogP contribution in [0.5, 0.6) is 0 Å². The van der Waals surface area contributed by atoms with E-state index in [1.807, 2.05) is 0 Å². The van der Waals surface area contributed by atoms with Crippen molar-refractivity contribution in [2.45, 2.75) is 0 Å². The third-order valence-electron chi connectivity index (χ3n) is 0. The second-order valence-corrected chi connectivity index (χ2v) is 3.75. The molecule has 0 aromatic heterocycles. The molecule has 0 heterocycles. The van der Waals surface area contributed by atoms with Gasteiger partial charge in [0.15, 0.2) is 0 Å². The molecule has 0 aliphatic heterocycles. The van der Waals surface area contributed by atoms with Crippen LogP contribution in [0.25, 0.3) is 0 Å².